The quantitative estimate of drug-likeness (QED) is 0.666. The molecule has 6 heteroatoms. The third-order valence-electron chi connectivity index (χ3n) is 2.85. The summed E-state index contributed by atoms with van der Waals surface area (Å²) in [6.07, 6.45) is 0. The highest BCUT2D eigenvalue weighted by Gasteiger charge is 2.00. The Labute approximate surface area is 155 Å². The van der Waals surface area contributed by atoms with Gasteiger partial charge in [-0.3, -0.25) is 0 Å². The Bertz CT molecular complexity index is 562. The maximum absolute atomic E-state index is 7.57. The Morgan fingerprint density at radius 1 is 0.800 bits per heavy atom. The normalized spacial score (nSPS) is 9.44. The van der Waals surface area contributed by atoms with E-state index < -0.39 is 0 Å². The van der Waals surface area contributed by atoms with Crippen LogP contribution in [0.1, 0.15) is 20.8 Å². The van der Waals surface area contributed by atoms with Gasteiger partial charge in [-0.25, -0.2) is 0 Å². The van der Waals surface area contributed by atoms with Crippen molar-refractivity contribution in [3.63, 3.8) is 0 Å². The third kappa shape index (κ3) is 8.37. The number of hydrogen-bond donors (Lipinski definition) is 3. The third-order valence-corrected chi connectivity index (χ3v) is 3.05. The summed E-state index contributed by atoms with van der Waals surface area (Å²) in [7, 11) is 0. The van der Waals surface area contributed by atoms with Crippen molar-refractivity contribution in [1.29, 1.82) is 0 Å². The highest BCUT2D eigenvalue weighted by atomic mass is 32.1. The molecule has 0 unspecified atom stereocenters. The van der Waals surface area contributed by atoms with Crippen molar-refractivity contribution < 1.29 is 14.6 Å². The summed E-state index contributed by atoms with van der Waals surface area (Å²) in [4.78, 5) is 0. The average Bonchev–Trinajstić information content (AvgIpc) is 2.60. The zero-order chi connectivity index (χ0) is 18.5. The van der Waals surface area contributed by atoms with Gasteiger partial charge in [-0.1, -0.05) is 0 Å². The van der Waals surface area contributed by atoms with Gasteiger partial charge in [0, 0.05) is 18.0 Å². The Kier molecular flexibility index (Phi) is 10.0. The van der Waals surface area contributed by atoms with Crippen LogP contribution in [0.5, 0.6) is 11.5 Å². The maximum Gasteiger partial charge on any atom is 0.175 e. The van der Waals surface area contributed by atoms with E-state index >= 15 is 0 Å². The van der Waals surface area contributed by atoms with Gasteiger partial charge in [-0.2, -0.15) is 0 Å². The second kappa shape index (κ2) is 12.1. The molecule has 0 spiro atoms. The molecule has 0 saturated carbocycles. The smallest absolute Gasteiger partial charge is 0.175 e. The molecule has 2 aromatic rings. The minimum Gasteiger partial charge on any atom is -0.494 e. The van der Waals surface area contributed by atoms with Gasteiger partial charge < -0.3 is 25.2 Å². The molecule has 0 bridgehead atoms. The number of hydrogen-bond acceptors (Lipinski definition) is 4. The molecule has 0 saturated heterocycles. The number of aliphatic hydroxyl groups excluding tert-OH is 1. The lowest BCUT2D eigenvalue weighted by Crippen LogP contribution is -2.18. The van der Waals surface area contributed by atoms with Crippen LogP contribution in [0, 0.1) is 0 Å². The predicted molar refractivity (Wildman–Crippen MR) is 108 cm³/mol. The molecule has 2 aromatic carbocycles. The van der Waals surface area contributed by atoms with Crippen molar-refractivity contribution in [2.45, 2.75) is 20.8 Å². The van der Waals surface area contributed by atoms with E-state index in [4.69, 9.17) is 26.8 Å². The van der Waals surface area contributed by atoms with Crippen molar-refractivity contribution in [2.75, 3.05) is 30.5 Å². The predicted octanol–water partition coefficient (Wildman–Crippen LogP) is 4.29. The van der Waals surface area contributed by atoms with E-state index in [1.807, 2.05) is 62.4 Å². The second-order valence-corrected chi connectivity index (χ2v) is 5.22. The van der Waals surface area contributed by atoms with E-state index in [1.54, 1.807) is 6.92 Å². The van der Waals surface area contributed by atoms with Crippen molar-refractivity contribution in [1.82, 2.24) is 0 Å². The highest BCUT2D eigenvalue weighted by molar-refractivity contribution is 7.80. The minimum atomic E-state index is 0.250. The monoisotopic (exact) mass is 362 g/mol. The average molecular weight is 362 g/mol. The van der Waals surface area contributed by atoms with E-state index in [0.717, 1.165) is 22.9 Å². The lowest BCUT2D eigenvalue weighted by molar-refractivity contribution is 0.318. The van der Waals surface area contributed by atoms with E-state index in [0.29, 0.717) is 18.3 Å². The molecule has 0 amide bonds. The summed E-state index contributed by atoms with van der Waals surface area (Å²) in [5.74, 6) is 1.69. The number of nitrogens with one attached hydrogen (secondary N) is 2. The van der Waals surface area contributed by atoms with Crippen LogP contribution >= 0.6 is 12.2 Å². The molecule has 2 rings (SSSR count). The van der Waals surface area contributed by atoms with Gasteiger partial charge in [0.2, 0.25) is 0 Å². The standard InChI is InChI=1S/C17H20N2O2S.C2H6O/c1-3-20-15-9-5-13(6-10-15)18-17(22)19-14-7-11-16(12-8-14)21-4-2;1-2-3/h5-12H,3-4H2,1-2H3,(H2,18,19,22);3H,2H2,1H3. The summed E-state index contributed by atoms with van der Waals surface area (Å²) in [5.41, 5.74) is 1.82. The maximum atomic E-state index is 7.57. The molecule has 0 aliphatic carbocycles. The summed E-state index contributed by atoms with van der Waals surface area (Å²) < 4.78 is 10.8. The SMILES string of the molecule is CCO.CCOc1ccc(NC(=S)Nc2ccc(OCC)cc2)cc1. The molecule has 0 heterocycles. The molecule has 0 aliphatic rings. The van der Waals surface area contributed by atoms with Crippen LogP contribution < -0.4 is 20.1 Å². The molecule has 3 N–H and O–H groups in total. The van der Waals surface area contributed by atoms with E-state index in [1.165, 1.54) is 0 Å². The van der Waals surface area contributed by atoms with Crippen molar-refractivity contribution in [3.05, 3.63) is 48.5 Å². The molecule has 0 aromatic heterocycles. The van der Waals surface area contributed by atoms with Crippen LogP contribution in [0.2, 0.25) is 0 Å². The number of anilines is 2. The van der Waals surface area contributed by atoms with E-state index in [-0.39, 0.29) is 6.61 Å². The van der Waals surface area contributed by atoms with Gasteiger partial charge in [0.15, 0.2) is 5.11 Å². The molecule has 0 atom stereocenters. The topological polar surface area (TPSA) is 62.8 Å². The first-order valence-electron chi connectivity index (χ1n) is 8.27. The summed E-state index contributed by atoms with van der Waals surface area (Å²) in [6.45, 7) is 7.17. The summed E-state index contributed by atoms with van der Waals surface area (Å²) in [5, 5.41) is 14.4. The first-order chi connectivity index (χ1) is 12.1. The largest absolute Gasteiger partial charge is 0.494 e. The Hall–Kier alpha value is -2.31. The molecule has 5 nitrogen and oxygen atoms in total. The Morgan fingerprint density at radius 2 is 1.12 bits per heavy atom. The number of thiocarbonyl (C=S) groups is 1. The summed E-state index contributed by atoms with van der Waals surface area (Å²) in [6, 6.07) is 15.3. The fourth-order valence-corrected chi connectivity index (χ4v) is 2.13. The first kappa shape index (κ1) is 20.7. The zero-order valence-electron chi connectivity index (χ0n) is 14.9. The molecular formula is C19H26N2O3S. The van der Waals surface area contributed by atoms with Crippen LogP contribution in [0.4, 0.5) is 11.4 Å². The van der Waals surface area contributed by atoms with E-state index in [9.17, 15) is 0 Å². The fraction of sp³-hybridized carbons (Fsp3) is 0.316. The first-order valence-corrected chi connectivity index (χ1v) is 8.68. The zero-order valence-corrected chi connectivity index (χ0v) is 15.7. The minimum absolute atomic E-state index is 0.250. The van der Waals surface area contributed by atoms with Gasteiger partial charge >= 0.3 is 0 Å². The van der Waals surface area contributed by atoms with Gasteiger partial charge in [-0.15, -0.1) is 0 Å². The fourth-order valence-electron chi connectivity index (χ4n) is 1.90. The van der Waals surface area contributed by atoms with E-state index in [2.05, 4.69) is 10.6 Å². The molecule has 0 fully saturated rings. The lowest BCUT2D eigenvalue weighted by atomic mass is 10.3. The van der Waals surface area contributed by atoms with Crippen LogP contribution in [0.15, 0.2) is 48.5 Å². The molecule has 25 heavy (non-hydrogen) atoms. The number of aliphatic hydroxyl groups is 1. The van der Waals surface area contributed by atoms with Crippen LogP contribution in [0.3, 0.4) is 0 Å². The van der Waals surface area contributed by atoms with Gasteiger partial charge in [0.25, 0.3) is 0 Å². The Balaban J connectivity index is 0.000000970. The van der Waals surface area contributed by atoms with Crippen LogP contribution in [-0.2, 0) is 0 Å². The second-order valence-electron chi connectivity index (χ2n) is 4.81. The van der Waals surface area contributed by atoms with Gasteiger partial charge in [0.05, 0.1) is 13.2 Å². The van der Waals surface area contributed by atoms with Gasteiger partial charge in [0.1, 0.15) is 11.5 Å². The van der Waals surface area contributed by atoms with Crippen molar-refractivity contribution in [3.8, 4) is 11.5 Å². The Morgan fingerprint density at radius 3 is 1.40 bits per heavy atom. The molecule has 0 radical (unpaired) electrons. The van der Waals surface area contributed by atoms with Crippen molar-refractivity contribution in [2.24, 2.45) is 0 Å². The number of rotatable bonds is 6. The summed E-state index contributed by atoms with van der Waals surface area (Å²) >= 11 is 5.30. The lowest BCUT2D eigenvalue weighted by Gasteiger charge is -2.12. The van der Waals surface area contributed by atoms with Crippen LogP contribution in [-0.4, -0.2) is 30.0 Å². The molecule has 0 aliphatic heterocycles. The highest BCUT2D eigenvalue weighted by Crippen LogP contribution is 2.18. The molecule has 136 valence electrons. The van der Waals surface area contributed by atoms with Crippen molar-refractivity contribution >= 4 is 28.7 Å². The van der Waals surface area contributed by atoms with Gasteiger partial charge in [-0.05, 0) is 81.5 Å². The number of ether oxygens (including phenoxy) is 2. The van der Waals surface area contributed by atoms with Crippen LogP contribution in [0.25, 0.3) is 0 Å². The molecular weight excluding hydrogens is 336 g/mol. The number of benzene rings is 2.